The molecule has 0 heterocycles. The topological polar surface area (TPSA) is 62.4 Å². The van der Waals surface area contributed by atoms with Crippen LogP contribution in [-0.4, -0.2) is 39.8 Å². The molecule has 0 fully saturated rings. The van der Waals surface area contributed by atoms with E-state index in [-0.39, 0.29) is 5.91 Å². The second-order valence-corrected chi connectivity index (χ2v) is 3.88. The molecule has 5 nitrogen and oxygen atoms in total. The van der Waals surface area contributed by atoms with Crippen LogP contribution < -0.4 is 16.0 Å². The third-order valence-corrected chi connectivity index (χ3v) is 2.45. The SMILES string of the molecule is CNCC(=O)NCc1ccccc1NCCOC. The third kappa shape index (κ3) is 5.16. The molecule has 100 valence electrons. The van der Waals surface area contributed by atoms with Crippen molar-refractivity contribution in [2.24, 2.45) is 0 Å². The molecule has 0 spiro atoms. The summed E-state index contributed by atoms with van der Waals surface area (Å²) in [4.78, 5) is 11.4. The van der Waals surface area contributed by atoms with Crippen molar-refractivity contribution in [3.63, 3.8) is 0 Å². The van der Waals surface area contributed by atoms with Crippen molar-refractivity contribution in [1.29, 1.82) is 0 Å². The van der Waals surface area contributed by atoms with Gasteiger partial charge in [-0.3, -0.25) is 4.79 Å². The minimum absolute atomic E-state index is 0.0100. The number of methoxy groups -OCH3 is 1. The zero-order valence-corrected chi connectivity index (χ0v) is 11.0. The van der Waals surface area contributed by atoms with Crippen LogP contribution >= 0.6 is 0 Å². The van der Waals surface area contributed by atoms with Crippen LogP contribution in [0, 0.1) is 0 Å². The van der Waals surface area contributed by atoms with Gasteiger partial charge in [-0.2, -0.15) is 0 Å². The number of carbonyl (C=O) groups is 1. The number of nitrogens with one attached hydrogen (secondary N) is 3. The molecule has 5 heteroatoms. The van der Waals surface area contributed by atoms with Crippen molar-refractivity contribution >= 4 is 11.6 Å². The molecular formula is C13H21N3O2. The number of ether oxygens (including phenoxy) is 1. The largest absolute Gasteiger partial charge is 0.383 e. The van der Waals surface area contributed by atoms with Gasteiger partial charge in [-0.25, -0.2) is 0 Å². The van der Waals surface area contributed by atoms with Gasteiger partial charge in [0.05, 0.1) is 13.2 Å². The monoisotopic (exact) mass is 251 g/mol. The minimum Gasteiger partial charge on any atom is -0.383 e. The summed E-state index contributed by atoms with van der Waals surface area (Å²) in [6.45, 7) is 2.26. The number of hydrogen-bond donors (Lipinski definition) is 3. The molecule has 1 rings (SSSR count). The molecule has 0 aliphatic carbocycles. The number of likely N-dealkylation sites (N-methyl/N-ethyl adjacent to an activating group) is 1. The molecule has 0 aliphatic rings. The van der Waals surface area contributed by atoms with Gasteiger partial charge in [-0.15, -0.1) is 0 Å². The summed E-state index contributed by atoms with van der Waals surface area (Å²) >= 11 is 0. The zero-order chi connectivity index (χ0) is 13.2. The van der Waals surface area contributed by atoms with Gasteiger partial charge >= 0.3 is 0 Å². The van der Waals surface area contributed by atoms with E-state index < -0.39 is 0 Å². The van der Waals surface area contributed by atoms with Crippen LogP contribution in [-0.2, 0) is 16.1 Å². The smallest absolute Gasteiger partial charge is 0.234 e. The first-order valence-electron chi connectivity index (χ1n) is 6.00. The first-order valence-corrected chi connectivity index (χ1v) is 6.00. The van der Waals surface area contributed by atoms with Gasteiger partial charge in [0, 0.05) is 25.9 Å². The maximum atomic E-state index is 11.4. The Hall–Kier alpha value is -1.59. The van der Waals surface area contributed by atoms with Crippen LogP contribution in [0.1, 0.15) is 5.56 Å². The number of para-hydroxylation sites is 1. The van der Waals surface area contributed by atoms with Crippen LogP contribution in [0.25, 0.3) is 0 Å². The third-order valence-electron chi connectivity index (χ3n) is 2.45. The summed E-state index contributed by atoms with van der Waals surface area (Å²) in [6.07, 6.45) is 0. The van der Waals surface area contributed by atoms with Gasteiger partial charge < -0.3 is 20.7 Å². The predicted molar refractivity (Wildman–Crippen MR) is 72.6 cm³/mol. The molecule has 1 amide bonds. The Morgan fingerprint density at radius 3 is 2.83 bits per heavy atom. The van der Waals surface area contributed by atoms with Gasteiger partial charge in [0.25, 0.3) is 0 Å². The van der Waals surface area contributed by atoms with Crippen molar-refractivity contribution in [2.45, 2.75) is 6.54 Å². The van der Waals surface area contributed by atoms with Gasteiger partial charge in [0.1, 0.15) is 0 Å². The number of amides is 1. The molecule has 0 saturated carbocycles. The van der Waals surface area contributed by atoms with Gasteiger partial charge in [0.15, 0.2) is 0 Å². The lowest BCUT2D eigenvalue weighted by Crippen LogP contribution is -2.31. The lowest BCUT2D eigenvalue weighted by Gasteiger charge is -2.12. The number of anilines is 1. The molecule has 0 aliphatic heterocycles. The molecule has 0 aromatic heterocycles. The quantitative estimate of drug-likeness (QED) is 0.591. The lowest BCUT2D eigenvalue weighted by molar-refractivity contribution is -0.120. The van der Waals surface area contributed by atoms with E-state index in [0.29, 0.717) is 19.7 Å². The highest BCUT2D eigenvalue weighted by Gasteiger charge is 2.03. The molecule has 3 N–H and O–H groups in total. The number of carbonyl (C=O) groups excluding carboxylic acids is 1. The molecule has 0 bridgehead atoms. The Morgan fingerprint density at radius 2 is 2.11 bits per heavy atom. The fraction of sp³-hybridized carbons (Fsp3) is 0.462. The van der Waals surface area contributed by atoms with Gasteiger partial charge in [-0.05, 0) is 18.7 Å². The Kier molecular flexibility index (Phi) is 6.83. The normalized spacial score (nSPS) is 10.1. The molecule has 0 atom stereocenters. The van der Waals surface area contributed by atoms with E-state index >= 15 is 0 Å². The van der Waals surface area contributed by atoms with Crippen LogP contribution in [0.2, 0.25) is 0 Å². The van der Waals surface area contributed by atoms with E-state index in [1.807, 2.05) is 24.3 Å². The van der Waals surface area contributed by atoms with E-state index in [0.717, 1.165) is 17.8 Å². The summed E-state index contributed by atoms with van der Waals surface area (Å²) in [6, 6.07) is 7.92. The number of rotatable bonds is 8. The van der Waals surface area contributed by atoms with E-state index in [1.165, 1.54) is 0 Å². The van der Waals surface area contributed by atoms with Crippen LogP contribution in [0.5, 0.6) is 0 Å². The van der Waals surface area contributed by atoms with Crippen LogP contribution in [0.4, 0.5) is 5.69 Å². The first-order chi connectivity index (χ1) is 8.77. The second kappa shape index (κ2) is 8.49. The molecule has 1 aromatic rings. The molecule has 0 unspecified atom stereocenters. The van der Waals surface area contributed by atoms with Gasteiger partial charge in [0.2, 0.25) is 5.91 Å². The second-order valence-electron chi connectivity index (χ2n) is 3.88. The fourth-order valence-electron chi connectivity index (χ4n) is 1.55. The Bertz CT molecular complexity index is 369. The van der Waals surface area contributed by atoms with Crippen molar-refractivity contribution in [1.82, 2.24) is 10.6 Å². The van der Waals surface area contributed by atoms with Crippen molar-refractivity contribution < 1.29 is 9.53 Å². The molecule has 18 heavy (non-hydrogen) atoms. The Morgan fingerprint density at radius 1 is 1.33 bits per heavy atom. The number of hydrogen-bond acceptors (Lipinski definition) is 4. The summed E-state index contributed by atoms with van der Waals surface area (Å²) in [5, 5.41) is 8.95. The highest BCUT2D eigenvalue weighted by Crippen LogP contribution is 2.14. The summed E-state index contributed by atoms with van der Waals surface area (Å²) in [7, 11) is 3.42. The Labute approximate surface area is 108 Å². The minimum atomic E-state index is -0.0100. The Balaban J connectivity index is 2.50. The van der Waals surface area contributed by atoms with E-state index in [1.54, 1.807) is 14.2 Å². The zero-order valence-electron chi connectivity index (χ0n) is 11.0. The highest BCUT2D eigenvalue weighted by atomic mass is 16.5. The number of benzene rings is 1. The fourth-order valence-corrected chi connectivity index (χ4v) is 1.55. The van der Waals surface area contributed by atoms with E-state index in [9.17, 15) is 4.79 Å². The van der Waals surface area contributed by atoms with E-state index in [2.05, 4.69) is 16.0 Å². The molecule has 1 aromatic carbocycles. The van der Waals surface area contributed by atoms with Crippen LogP contribution in [0.3, 0.4) is 0 Å². The average Bonchev–Trinajstić information content (AvgIpc) is 2.38. The first kappa shape index (κ1) is 14.5. The van der Waals surface area contributed by atoms with Crippen molar-refractivity contribution in [3.8, 4) is 0 Å². The van der Waals surface area contributed by atoms with Gasteiger partial charge in [-0.1, -0.05) is 18.2 Å². The molecule has 0 radical (unpaired) electrons. The maximum Gasteiger partial charge on any atom is 0.234 e. The summed E-state index contributed by atoms with van der Waals surface area (Å²) in [5.41, 5.74) is 2.09. The standard InChI is InChI=1S/C13H21N3O2/c1-14-10-13(17)16-9-11-5-3-4-6-12(11)15-7-8-18-2/h3-6,14-15H,7-10H2,1-2H3,(H,16,17). The van der Waals surface area contributed by atoms with Crippen LogP contribution in [0.15, 0.2) is 24.3 Å². The molecule has 0 saturated heterocycles. The maximum absolute atomic E-state index is 11.4. The lowest BCUT2D eigenvalue weighted by atomic mass is 10.1. The predicted octanol–water partition coefficient (Wildman–Crippen LogP) is 0.580. The summed E-state index contributed by atoms with van der Waals surface area (Å²) in [5.74, 6) is -0.0100. The highest BCUT2D eigenvalue weighted by molar-refractivity contribution is 5.78. The molecular weight excluding hydrogens is 230 g/mol. The average molecular weight is 251 g/mol. The van der Waals surface area contributed by atoms with E-state index in [4.69, 9.17) is 4.74 Å². The van der Waals surface area contributed by atoms with Crippen molar-refractivity contribution in [3.05, 3.63) is 29.8 Å². The van der Waals surface area contributed by atoms with Crippen molar-refractivity contribution in [2.75, 3.05) is 39.2 Å². The summed E-state index contributed by atoms with van der Waals surface area (Å²) < 4.78 is 4.99.